The lowest BCUT2D eigenvalue weighted by Gasteiger charge is -2.29. The topological polar surface area (TPSA) is 271 Å². The highest BCUT2D eigenvalue weighted by atomic mass is 19.4. The quantitative estimate of drug-likeness (QED) is 0.0789. The van der Waals surface area contributed by atoms with E-state index in [-0.39, 0.29) is 48.9 Å². The van der Waals surface area contributed by atoms with Crippen LogP contribution in [0.15, 0.2) is 57.7 Å². The molecule has 2 aromatic carbocycles. The zero-order valence-corrected chi connectivity index (χ0v) is 35.3. The first-order chi connectivity index (χ1) is 28.8. The molecule has 4 atom stereocenters. The molecule has 0 aliphatic heterocycles. The zero-order chi connectivity index (χ0) is 47.1. The Bertz CT molecular complexity index is 2120. The third kappa shape index (κ3) is 17.6. The van der Waals surface area contributed by atoms with Crippen molar-refractivity contribution in [3.8, 4) is 5.75 Å². The Hall–Kier alpha value is -6.47. The summed E-state index contributed by atoms with van der Waals surface area (Å²) in [6, 6.07) is 7.89. The summed E-state index contributed by atoms with van der Waals surface area (Å²) in [5.74, 6) is -7.61. The van der Waals surface area contributed by atoms with Gasteiger partial charge in [-0.2, -0.15) is 13.2 Å². The number of aryl methyl sites for hydroxylation is 1. The molecule has 1 heterocycles. The fourth-order valence-corrected chi connectivity index (χ4v) is 5.92. The number of aromatic hydroxyl groups is 1. The maximum Gasteiger partial charge on any atom is 0.490 e. The number of nitrogens with one attached hydrogen (secondary N) is 5. The van der Waals surface area contributed by atoms with Gasteiger partial charge >= 0.3 is 23.7 Å². The van der Waals surface area contributed by atoms with Gasteiger partial charge in [0.25, 0.3) is 0 Å². The van der Waals surface area contributed by atoms with Crippen LogP contribution >= 0.6 is 0 Å². The third-order valence-corrected chi connectivity index (χ3v) is 8.98. The molecule has 1 aromatic heterocycles. The number of phenols is 1. The lowest BCUT2D eigenvalue weighted by Crippen LogP contribution is -2.59. The number of benzene rings is 2. The van der Waals surface area contributed by atoms with Crippen LogP contribution in [0, 0.1) is 24.7 Å². The Morgan fingerprint density at radius 3 is 1.74 bits per heavy atom. The molecule has 0 radical (unpaired) electrons. The summed E-state index contributed by atoms with van der Waals surface area (Å²) >= 11 is 0. The van der Waals surface area contributed by atoms with Gasteiger partial charge in [0.1, 0.15) is 35.5 Å². The second-order valence-electron chi connectivity index (χ2n) is 15.7. The van der Waals surface area contributed by atoms with Crippen molar-refractivity contribution in [3.63, 3.8) is 0 Å². The number of amides is 5. The number of carboxylic acids is 2. The molecule has 8 N–H and O–H groups in total. The van der Waals surface area contributed by atoms with Crippen molar-refractivity contribution < 1.29 is 66.5 Å². The smallest absolute Gasteiger partial charge is 0.490 e. The van der Waals surface area contributed by atoms with Crippen LogP contribution in [0.5, 0.6) is 5.75 Å². The lowest BCUT2D eigenvalue weighted by atomic mass is 9.98. The van der Waals surface area contributed by atoms with Crippen LogP contribution in [-0.2, 0) is 40.0 Å². The van der Waals surface area contributed by atoms with Gasteiger partial charge in [0.05, 0.1) is 6.42 Å². The molecule has 17 nitrogen and oxygen atoms in total. The van der Waals surface area contributed by atoms with E-state index in [9.17, 15) is 51.8 Å². The average Bonchev–Trinajstić information content (AvgIpc) is 3.15. The van der Waals surface area contributed by atoms with Crippen LogP contribution in [-0.4, -0.2) is 87.1 Å². The van der Waals surface area contributed by atoms with Crippen molar-refractivity contribution in [2.45, 2.75) is 111 Å². The fraction of sp³-hybridized carbons (Fsp3) is 0.476. The maximum atomic E-state index is 13.9. The summed E-state index contributed by atoms with van der Waals surface area (Å²) in [4.78, 5) is 99.3. The number of aliphatic carboxylic acids is 2. The van der Waals surface area contributed by atoms with Gasteiger partial charge in [0.15, 0.2) is 0 Å². The Balaban J connectivity index is 0.00000173. The van der Waals surface area contributed by atoms with E-state index < -0.39 is 89.8 Å². The summed E-state index contributed by atoms with van der Waals surface area (Å²) in [7, 11) is 0. The Kier molecular flexibility index (Phi) is 19.6. The van der Waals surface area contributed by atoms with Crippen LogP contribution < -0.4 is 32.2 Å². The number of phenolic OH excluding ortho intramolecular Hbond substituents is 1. The van der Waals surface area contributed by atoms with E-state index >= 15 is 0 Å². The zero-order valence-electron chi connectivity index (χ0n) is 35.3. The number of hydrogen-bond donors (Lipinski definition) is 8. The minimum Gasteiger partial charge on any atom is -0.508 e. The Labute approximate surface area is 355 Å². The summed E-state index contributed by atoms with van der Waals surface area (Å²) in [5, 5.41) is 40.2. The van der Waals surface area contributed by atoms with Crippen molar-refractivity contribution in [1.82, 2.24) is 21.3 Å². The molecule has 0 aliphatic rings. The molecule has 0 saturated heterocycles. The predicted molar refractivity (Wildman–Crippen MR) is 220 cm³/mol. The Morgan fingerprint density at radius 1 is 0.694 bits per heavy atom. The average molecular weight is 878 g/mol. The second kappa shape index (κ2) is 23.5. The molecular weight excluding hydrogens is 823 g/mol. The molecule has 3 aromatic rings. The van der Waals surface area contributed by atoms with E-state index in [0.717, 1.165) is 0 Å². The van der Waals surface area contributed by atoms with Gasteiger partial charge in [0.2, 0.25) is 29.5 Å². The van der Waals surface area contributed by atoms with E-state index in [1.807, 2.05) is 27.7 Å². The molecular formula is C42H54F3N5O12. The molecule has 0 saturated carbocycles. The van der Waals surface area contributed by atoms with Crippen LogP contribution in [0.2, 0.25) is 0 Å². The van der Waals surface area contributed by atoms with E-state index in [0.29, 0.717) is 22.2 Å². The molecule has 0 unspecified atom stereocenters. The van der Waals surface area contributed by atoms with E-state index in [4.69, 9.17) is 19.4 Å². The van der Waals surface area contributed by atoms with Crippen molar-refractivity contribution in [2.24, 2.45) is 17.8 Å². The number of hydrogen-bond acceptors (Lipinski definition) is 10. The van der Waals surface area contributed by atoms with Crippen LogP contribution in [0.25, 0.3) is 11.0 Å². The summed E-state index contributed by atoms with van der Waals surface area (Å²) < 4.78 is 37.1. The highest BCUT2D eigenvalue weighted by Gasteiger charge is 2.38. The van der Waals surface area contributed by atoms with Gasteiger partial charge in [-0.15, -0.1) is 0 Å². The number of anilines is 1. The predicted octanol–water partition coefficient (Wildman–Crippen LogP) is 4.17. The number of carbonyl (C=O) groups excluding carboxylic acids is 5. The first-order valence-electron chi connectivity index (χ1n) is 19.6. The number of carbonyl (C=O) groups is 7. The van der Waals surface area contributed by atoms with Crippen LogP contribution in [0.4, 0.5) is 18.9 Å². The van der Waals surface area contributed by atoms with Gasteiger partial charge in [-0.3, -0.25) is 28.8 Å². The van der Waals surface area contributed by atoms with E-state index in [1.165, 1.54) is 24.3 Å². The largest absolute Gasteiger partial charge is 0.508 e. The van der Waals surface area contributed by atoms with Gasteiger partial charge in [-0.1, -0.05) is 53.7 Å². The summed E-state index contributed by atoms with van der Waals surface area (Å²) in [6.45, 7) is 12.6. The third-order valence-electron chi connectivity index (χ3n) is 8.98. The maximum absolute atomic E-state index is 13.9. The molecule has 0 spiro atoms. The van der Waals surface area contributed by atoms with Gasteiger partial charge in [0, 0.05) is 36.0 Å². The minimum atomic E-state index is -5.08. The van der Waals surface area contributed by atoms with Crippen molar-refractivity contribution >= 4 is 58.1 Å². The first kappa shape index (κ1) is 51.7. The molecule has 0 aliphatic carbocycles. The Morgan fingerprint density at radius 2 is 1.23 bits per heavy atom. The van der Waals surface area contributed by atoms with Gasteiger partial charge < -0.3 is 46.3 Å². The fourth-order valence-electron chi connectivity index (χ4n) is 5.92. The molecule has 0 fully saturated rings. The summed E-state index contributed by atoms with van der Waals surface area (Å²) in [5.41, 5.74) is 1.36. The lowest BCUT2D eigenvalue weighted by molar-refractivity contribution is -0.192. The van der Waals surface area contributed by atoms with Gasteiger partial charge in [-0.05, 0) is 72.9 Å². The molecule has 5 amide bonds. The number of fused-ring (bicyclic) bond motifs is 1. The van der Waals surface area contributed by atoms with Crippen molar-refractivity contribution in [1.29, 1.82) is 0 Å². The SMILES string of the molecule is Cc1cc(=O)oc2cc(NC(=O)[C@H](Cc3ccc(O)cc3)NC(=O)[C@@H](NC(=O)[C@H](CC(C)C)NC(=O)[C@H](CC(C)C)NC(=O)CCC(=O)O)C(C)C)ccc12.O=C(O)C(F)(F)F. The van der Waals surface area contributed by atoms with Crippen LogP contribution in [0.1, 0.15) is 78.4 Å². The monoisotopic (exact) mass is 877 g/mol. The number of carboxylic acid groups (broad SMARTS) is 2. The molecule has 3 rings (SSSR count). The highest BCUT2D eigenvalue weighted by molar-refractivity contribution is 6.00. The highest BCUT2D eigenvalue weighted by Crippen LogP contribution is 2.22. The summed E-state index contributed by atoms with van der Waals surface area (Å²) in [6.07, 6.45) is -5.36. The normalized spacial score (nSPS) is 13.2. The van der Waals surface area contributed by atoms with Crippen LogP contribution in [0.3, 0.4) is 0 Å². The molecule has 340 valence electrons. The number of alkyl halides is 3. The van der Waals surface area contributed by atoms with E-state index in [2.05, 4.69) is 26.6 Å². The second-order valence-corrected chi connectivity index (χ2v) is 15.7. The van der Waals surface area contributed by atoms with Gasteiger partial charge in [-0.25, -0.2) is 9.59 Å². The number of rotatable bonds is 19. The van der Waals surface area contributed by atoms with Crippen molar-refractivity contribution in [2.75, 3.05) is 5.32 Å². The minimum absolute atomic E-state index is 0.0137. The number of halogens is 3. The van der Waals surface area contributed by atoms with Crippen molar-refractivity contribution in [3.05, 3.63) is 70.1 Å². The first-order valence-corrected chi connectivity index (χ1v) is 19.6. The molecule has 62 heavy (non-hydrogen) atoms. The molecule has 20 heteroatoms. The standard InChI is InChI=1S/C40H53N5O10.C2HF3O2/c1-21(2)16-29(42-33(47)14-15-34(48)49)38(52)43-30(17-22(3)4)39(53)45-36(23(5)6)40(54)44-31(19-25-8-11-27(46)12-9-25)37(51)41-26-10-13-28-24(7)18-35(50)55-32(28)20-26;3-2(4,5)1(6)7/h8-13,18,20-23,29-31,36,46H,14-17,19H2,1-7H3,(H,41,51)(H,42,47)(H,43,52)(H,44,54)(H,45,53)(H,48,49);(H,6,7)/t29-,30-,31-,36-;/m0./s1. The van der Waals surface area contributed by atoms with E-state index in [1.54, 1.807) is 45.0 Å². The molecule has 0 bridgehead atoms.